The van der Waals surface area contributed by atoms with Crippen molar-refractivity contribution in [1.29, 1.82) is 0 Å². The molecule has 3 aromatic carbocycles. The van der Waals surface area contributed by atoms with Crippen LogP contribution >= 0.6 is 0 Å². The minimum absolute atomic E-state index is 0. The number of carbonyl (C=O) groups excluding carboxylic acids is 2. The van der Waals surface area contributed by atoms with Gasteiger partial charge in [-0.05, 0) is 80.7 Å². The van der Waals surface area contributed by atoms with Crippen molar-refractivity contribution in [2.75, 3.05) is 55.9 Å². The van der Waals surface area contributed by atoms with Crippen molar-refractivity contribution in [3.8, 4) is 11.5 Å². The van der Waals surface area contributed by atoms with Crippen LogP contribution in [0.1, 0.15) is 34.6 Å². The molecule has 0 bridgehead atoms. The second kappa shape index (κ2) is 12.1. The van der Waals surface area contributed by atoms with E-state index in [-0.39, 0.29) is 30.3 Å². The van der Waals surface area contributed by atoms with E-state index in [1.807, 2.05) is 12.1 Å². The molecule has 0 spiro atoms. The fourth-order valence-corrected chi connectivity index (χ4v) is 4.03. The lowest BCUT2D eigenvalue weighted by Gasteiger charge is -2.23. The molecule has 8 nitrogen and oxygen atoms in total. The Morgan fingerprint density at radius 2 is 1.58 bits per heavy atom. The molecule has 0 unspecified atom stereocenters. The maximum absolute atomic E-state index is 13.0. The van der Waals surface area contributed by atoms with E-state index in [1.54, 1.807) is 43.5 Å². The maximum atomic E-state index is 13.0. The van der Waals surface area contributed by atoms with Gasteiger partial charge in [-0.2, -0.15) is 0 Å². The monoisotopic (exact) mass is 490 g/mol. The first-order valence-corrected chi connectivity index (χ1v) is 11.6. The standard InChI is InChI=1S/C27H30N4O4.CH4/c1-30-14-3-15-31(17-16-30)21-8-4-19(5-9-21)26(33)29-25-18-22(32)10-13-24(25)27(34)28-20-6-11-23(35-2)12-7-20;/h4-13,18,32H,3,14-17H2,1-2H3,(H,28,34)(H,29,33);1H4. The second-order valence-corrected chi connectivity index (χ2v) is 8.56. The molecule has 1 aliphatic rings. The van der Waals surface area contributed by atoms with Crippen LogP contribution < -0.4 is 20.3 Å². The highest BCUT2D eigenvalue weighted by molar-refractivity contribution is 6.12. The van der Waals surface area contributed by atoms with Crippen LogP contribution in [-0.4, -0.2) is 62.2 Å². The molecule has 4 rings (SSSR count). The number of rotatable bonds is 6. The molecule has 0 radical (unpaired) electrons. The smallest absolute Gasteiger partial charge is 0.257 e. The summed E-state index contributed by atoms with van der Waals surface area (Å²) in [5, 5.41) is 15.5. The van der Waals surface area contributed by atoms with Crippen LogP contribution in [0.3, 0.4) is 0 Å². The predicted octanol–water partition coefficient (Wildman–Crippen LogP) is 4.68. The molecule has 3 aromatic rings. The fraction of sp³-hybridized carbons (Fsp3) is 0.286. The molecule has 1 saturated heterocycles. The number of benzene rings is 3. The van der Waals surface area contributed by atoms with Crippen LogP contribution in [0, 0.1) is 0 Å². The highest BCUT2D eigenvalue weighted by Gasteiger charge is 2.17. The number of anilines is 3. The second-order valence-electron chi connectivity index (χ2n) is 8.56. The lowest BCUT2D eigenvalue weighted by atomic mass is 10.1. The van der Waals surface area contributed by atoms with Crippen molar-refractivity contribution in [2.45, 2.75) is 13.8 Å². The van der Waals surface area contributed by atoms with Gasteiger partial charge in [0.15, 0.2) is 0 Å². The molecule has 1 fully saturated rings. The molecule has 3 N–H and O–H groups in total. The predicted molar refractivity (Wildman–Crippen MR) is 145 cm³/mol. The molecule has 0 aromatic heterocycles. The van der Waals surface area contributed by atoms with E-state index >= 15 is 0 Å². The summed E-state index contributed by atoms with van der Waals surface area (Å²) in [6.07, 6.45) is 1.09. The third kappa shape index (κ3) is 6.55. The van der Waals surface area contributed by atoms with Gasteiger partial charge in [-0.1, -0.05) is 7.43 Å². The highest BCUT2D eigenvalue weighted by atomic mass is 16.5. The minimum atomic E-state index is -0.410. The summed E-state index contributed by atoms with van der Waals surface area (Å²) in [4.78, 5) is 30.5. The van der Waals surface area contributed by atoms with Crippen LogP contribution in [0.4, 0.5) is 17.1 Å². The number of nitrogens with one attached hydrogen (secondary N) is 2. The minimum Gasteiger partial charge on any atom is -0.508 e. The molecule has 1 aliphatic heterocycles. The van der Waals surface area contributed by atoms with Crippen molar-refractivity contribution >= 4 is 28.9 Å². The zero-order valence-corrected chi connectivity index (χ0v) is 20.0. The number of amides is 2. The van der Waals surface area contributed by atoms with Gasteiger partial charge in [0.05, 0.1) is 18.4 Å². The average Bonchev–Trinajstić information content (AvgIpc) is 3.09. The zero-order valence-electron chi connectivity index (χ0n) is 20.0. The van der Waals surface area contributed by atoms with Crippen LogP contribution in [0.25, 0.3) is 0 Å². The first-order valence-electron chi connectivity index (χ1n) is 11.6. The van der Waals surface area contributed by atoms with E-state index in [9.17, 15) is 14.7 Å². The third-order valence-corrected chi connectivity index (χ3v) is 6.06. The van der Waals surface area contributed by atoms with Crippen molar-refractivity contribution in [3.05, 3.63) is 77.9 Å². The summed E-state index contributed by atoms with van der Waals surface area (Å²) in [6, 6.07) is 18.6. The molecule has 1 heterocycles. The Balaban J connectivity index is 0.00000361. The molecular weight excluding hydrogens is 456 g/mol. The van der Waals surface area contributed by atoms with Gasteiger partial charge in [0.1, 0.15) is 11.5 Å². The van der Waals surface area contributed by atoms with E-state index < -0.39 is 5.91 Å². The topological polar surface area (TPSA) is 94.1 Å². The number of hydrogen-bond donors (Lipinski definition) is 3. The summed E-state index contributed by atoms with van der Waals surface area (Å²) in [6.45, 7) is 4.00. The van der Waals surface area contributed by atoms with Crippen LogP contribution in [0.15, 0.2) is 66.7 Å². The number of hydrogen-bond acceptors (Lipinski definition) is 6. The average molecular weight is 491 g/mol. The van der Waals surface area contributed by atoms with Crippen molar-refractivity contribution in [2.24, 2.45) is 0 Å². The Bertz CT molecular complexity index is 1180. The normalized spacial score (nSPS) is 13.8. The number of phenols is 1. The van der Waals surface area contributed by atoms with Gasteiger partial charge in [0.25, 0.3) is 11.8 Å². The van der Waals surface area contributed by atoms with E-state index in [2.05, 4.69) is 27.5 Å². The van der Waals surface area contributed by atoms with Crippen molar-refractivity contribution < 1.29 is 19.4 Å². The number of ether oxygens (including phenoxy) is 1. The van der Waals surface area contributed by atoms with Gasteiger partial charge in [0, 0.05) is 42.6 Å². The molecule has 36 heavy (non-hydrogen) atoms. The number of likely N-dealkylation sites (N-methyl/N-ethyl adjacent to an activating group) is 1. The zero-order chi connectivity index (χ0) is 24.8. The van der Waals surface area contributed by atoms with Crippen LogP contribution in [0.2, 0.25) is 0 Å². The highest BCUT2D eigenvalue weighted by Crippen LogP contribution is 2.25. The summed E-state index contributed by atoms with van der Waals surface area (Å²) >= 11 is 0. The van der Waals surface area contributed by atoms with E-state index in [0.717, 1.165) is 38.3 Å². The Morgan fingerprint density at radius 3 is 2.28 bits per heavy atom. The largest absolute Gasteiger partial charge is 0.508 e. The molecule has 190 valence electrons. The molecule has 0 saturated carbocycles. The molecular formula is C28H34N4O4. The van der Waals surface area contributed by atoms with Gasteiger partial charge < -0.3 is 30.3 Å². The lowest BCUT2D eigenvalue weighted by Crippen LogP contribution is -2.28. The Morgan fingerprint density at radius 1 is 0.861 bits per heavy atom. The van der Waals surface area contributed by atoms with Gasteiger partial charge in [0.2, 0.25) is 0 Å². The lowest BCUT2D eigenvalue weighted by molar-refractivity contribution is 0.102. The van der Waals surface area contributed by atoms with E-state index in [0.29, 0.717) is 17.0 Å². The van der Waals surface area contributed by atoms with E-state index in [4.69, 9.17) is 4.74 Å². The number of methoxy groups -OCH3 is 1. The number of nitrogens with zero attached hydrogens (tertiary/aromatic N) is 2. The first kappa shape index (κ1) is 26.6. The molecule has 8 heteroatoms. The number of phenolic OH excluding ortho intramolecular Hbond substituents is 1. The Kier molecular flexibility index (Phi) is 8.91. The molecule has 2 amide bonds. The number of carbonyl (C=O) groups is 2. The van der Waals surface area contributed by atoms with Gasteiger partial charge in [-0.25, -0.2) is 0 Å². The summed E-state index contributed by atoms with van der Waals surface area (Å²) < 4.78 is 5.14. The summed E-state index contributed by atoms with van der Waals surface area (Å²) in [7, 11) is 3.70. The van der Waals surface area contributed by atoms with Crippen molar-refractivity contribution in [3.63, 3.8) is 0 Å². The van der Waals surface area contributed by atoms with Crippen LogP contribution in [-0.2, 0) is 0 Å². The van der Waals surface area contributed by atoms with Crippen LogP contribution in [0.5, 0.6) is 11.5 Å². The maximum Gasteiger partial charge on any atom is 0.257 e. The number of aromatic hydroxyl groups is 1. The van der Waals surface area contributed by atoms with Gasteiger partial charge in [-0.15, -0.1) is 0 Å². The van der Waals surface area contributed by atoms with Gasteiger partial charge in [-0.3, -0.25) is 9.59 Å². The summed E-state index contributed by atoms with van der Waals surface area (Å²) in [5.74, 6) is -0.152. The van der Waals surface area contributed by atoms with Crippen molar-refractivity contribution in [1.82, 2.24) is 4.90 Å². The quantitative estimate of drug-likeness (QED) is 0.464. The fourth-order valence-electron chi connectivity index (χ4n) is 4.03. The van der Waals surface area contributed by atoms with E-state index in [1.165, 1.54) is 18.2 Å². The molecule has 0 atom stereocenters. The Labute approximate surface area is 212 Å². The Hall–Kier alpha value is -4.04. The first-order chi connectivity index (χ1) is 16.9. The third-order valence-electron chi connectivity index (χ3n) is 6.06. The molecule has 0 aliphatic carbocycles. The van der Waals surface area contributed by atoms with Gasteiger partial charge >= 0.3 is 0 Å². The SMILES string of the molecule is C.COc1ccc(NC(=O)c2ccc(O)cc2NC(=O)c2ccc(N3CCCN(C)CC3)cc2)cc1. The summed E-state index contributed by atoms with van der Waals surface area (Å²) in [5.41, 5.74) is 2.58.